The molecule has 0 aliphatic rings. The number of unbranched alkanes of at least 4 members (excludes halogenated alkanes) is 42. The van der Waals surface area contributed by atoms with Crippen molar-refractivity contribution in [1.82, 2.24) is 0 Å². The summed E-state index contributed by atoms with van der Waals surface area (Å²) >= 11 is 0. The maximum absolute atomic E-state index is 12.9. The van der Waals surface area contributed by atoms with Crippen LogP contribution in [-0.4, -0.2) is 37.2 Å². The summed E-state index contributed by atoms with van der Waals surface area (Å²) in [5.41, 5.74) is 0. The number of hydrogen-bond donors (Lipinski definition) is 0. The van der Waals surface area contributed by atoms with Gasteiger partial charge in [0.05, 0.1) is 0 Å². The summed E-state index contributed by atoms with van der Waals surface area (Å²) in [4.78, 5) is 38.2. The molecular formula is C63H122O6. The van der Waals surface area contributed by atoms with Crippen LogP contribution < -0.4 is 0 Å². The fraction of sp³-hybridized carbons (Fsp3) is 0.952. The molecule has 0 saturated carbocycles. The molecule has 410 valence electrons. The topological polar surface area (TPSA) is 78.9 Å². The van der Waals surface area contributed by atoms with Crippen LogP contribution in [0.15, 0.2) is 0 Å². The first kappa shape index (κ1) is 67.4. The van der Waals surface area contributed by atoms with Crippen LogP contribution in [0.1, 0.15) is 356 Å². The molecule has 6 heteroatoms. The minimum atomic E-state index is -0.763. The molecule has 0 amide bonds. The van der Waals surface area contributed by atoms with E-state index in [2.05, 4.69) is 34.6 Å². The molecule has 0 saturated heterocycles. The summed E-state index contributed by atoms with van der Waals surface area (Å²) in [5.74, 6) is 0.866. The lowest BCUT2D eigenvalue weighted by Crippen LogP contribution is -2.30. The third-order valence-corrected chi connectivity index (χ3v) is 14.5. The van der Waals surface area contributed by atoms with Crippen LogP contribution in [-0.2, 0) is 28.6 Å². The van der Waals surface area contributed by atoms with Crippen molar-refractivity contribution in [1.29, 1.82) is 0 Å². The Hall–Kier alpha value is -1.59. The highest BCUT2D eigenvalue weighted by Crippen LogP contribution is 2.19. The Bertz CT molecular complexity index is 1060. The van der Waals surface area contributed by atoms with Gasteiger partial charge in [-0.3, -0.25) is 14.4 Å². The highest BCUT2D eigenvalue weighted by molar-refractivity contribution is 5.71. The summed E-state index contributed by atoms with van der Waals surface area (Å²) in [6.45, 7) is 11.4. The minimum Gasteiger partial charge on any atom is -0.462 e. The monoisotopic (exact) mass is 975 g/mol. The molecule has 0 N–H and O–H groups in total. The van der Waals surface area contributed by atoms with Gasteiger partial charge in [-0.1, -0.05) is 317 Å². The van der Waals surface area contributed by atoms with Gasteiger partial charge in [-0.25, -0.2) is 0 Å². The molecule has 0 fully saturated rings. The van der Waals surface area contributed by atoms with Gasteiger partial charge in [0.25, 0.3) is 0 Å². The Labute approximate surface area is 431 Å². The molecule has 0 aliphatic carbocycles. The van der Waals surface area contributed by atoms with Crippen molar-refractivity contribution in [3.05, 3.63) is 0 Å². The van der Waals surface area contributed by atoms with Gasteiger partial charge >= 0.3 is 17.9 Å². The molecule has 0 radical (unpaired) electrons. The van der Waals surface area contributed by atoms with Crippen molar-refractivity contribution in [2.75, 3.05) is 13.2 Å². The first-order valence-corrected chi connectivity index (χ1v) is 31.2. The van der Waals surface area contributed by atoms with Crippen LogP contribution in [0.2, 0.25) is 0 Å². The molecule has 0 spiro atoms. The van der Waals surface area contributed by atoms with Crippen LogP contribution in [0.4, 0.5) is 0 Å². The Kier molecular flexibility index (Phi) is 54.4. The second-order valence-electron chi connectivity index (χ2n) is 22.6. The van der Waals surface area contributed by atoms with Gasteiger partial charge < -0.3 is 14.2 Å². The summed E-state index contributed by atoms with van der Waals surface area (Å²) in [7, 11) is 0. The van der Waals surface area contributed by atoms with E-state index >= 15 is 0 Å². The molecule has 69 heavy (non-hydrogen) atoms. The second-order valence-corrected chi connectivity index (χ2v) is 22.6. The second kappa shape index (κ2) is 55.7. The molecule has 0 bridgehead atoms. The van der Waals surface area contributed by atoms with E-state index in [0.29, 0.717) is 19.3 Å². The normalized spacial score (nSPS) is 12.0. The quantitative estimate of drug-likeness (QED) is 0.0343. The van der Waals surface area contributed by atoms with E-state index in [1.165, 1.54) is 244 Å². The van der Waals surface area contributed by atoms with Crippen molar-refractivity contribution in [3.8, 4) is 0 Å². The fourth-order valence-electron chi connectivity index (χ4n) is 9.76. The van der Waals surface area contributed by atoms with E-state index in [9.17, 15) is 14.4 Å². The van der Waals surface area contributed by atoms with E-state index in [0.717, 1.165) is 69.6 Å². The summed E-state index contributed by atoms with van der Waals surface area (Å²) in [6.07, 6.45) is 61.0. The lowest BCUT2D eigenvalue weighted by molar-refractivity contribution is -0.167. The van der Waals surface area contributed by atoms with Crippen molar-refractivity contribution >= 4 is 17.9 Å². The van der Waals surface area contributed by atoms with Gasteiger partial charge in [-0.05, 0) is 31.1 Å². The Morgan fingerprint density at radius 3 is 0.710 bits per heavy atom. The molecule has 1 atom stereocenters. The number of ether oxygens (including phenoxy) is 3. The summed E-state index contributed by atoms with van der Waals surface area (Å²) in [5, 5.41) is 0. The van der Waals surface area contributed by atoms with Crippen molar-refractivity contribution in [2.45, 2.75) is 362 Å². The fourth-order valence-corrected chi connectivity index (χ4v) is 9.76. The molecule has 0 unspecified atom stereocenters. The Morgan fingerprint density at radius 1 is 0.275 bits per heavy atom. The van der Waals surface area contributed by atoms with E-state index in [4.69, 9.17) is 14.2 Å². The van der Waals surface area contributed by atoms with Gasteiger partial charge in [0.2, 0.25) is 0 Å². The van der Waals surface area contributed by atoms with Crippen LogP contribution >= 0.6 is 0 Å². The molecule has 0 aliphatic heterocycles. The molecule has 6 nitrogen and oxygen atoms in total. The average Bonchev–Trinajstić information content (AvgIpc) is 3.32. The van der Waals surface area contributed by atoms with Crippen molar-refractivity contribution < 1.29 is 28.6 Å². The molecule has 0 aromatic rings. The number of carbonyl (C=O) groups excluding carboxylic acids is 3. The van der Waals surface area contributed by atoms with Crippen LogP contribution in [0.3, 0.4) is 0 Å². The van der Waals surface area contributed by atoms with Gasteiger partial charge in [0.1, 0.15) is 13.2 Å². The first-order valence-electron chi connectivity index (χ1n) is 31.2. The van der Waals surface area contributed by atoms with Gasteiger partial charge in [-0.15, -0.1) is 0 Å². The smallest absolute Gasteiger partial charge is 0.306 e. The number of carbonyl (C=O) groups is 3. The van der Waals surface area contributed by atoms with Crippen LogP contribution in [0, 0.1) is 11.8 Å². The lowest BCUT2D eigenvalue weighted by Gasteiger charge is -2.18. The Balaban J connectivity index is 4.25. The molecule has 0 rings (SSSR count). The van der Waals surface area contributed by atoms with E-state index < -0.39 is 6.10 Å². The standard InChI is InChI=1S/C63H122O6/c1-6-7-8-9-10-11-12-13-23-30-35-40-45-50-55-63(66)69-60(57-68-62(65)54-49-44-39-34-29-25-20-22-27-32-37-42-47-52-59(4)5)56-67-61(64)53-48-43-38-33-28-24-19-17-15-14-16-18-21-26-31-36-41-46-51-58(2)3/h58-60H,6-57H2,1-5H3/t60-/m0/s1. The predicted molar refractivity (Wildman–Crippen MR) is 298 cm³/mol. The minimum absolute atomic E-state index is 0.0619. The van der Waals surface area contributed by atoms with Crippen LogP contribution in [0.25, 0.3) is 0 Å². The largest absolute Gasteiger partial charge is 0.462 e. The van der Waals surface area contributed by atoms with E-state index in [1.807, 2.05) is 0 Å². The highest BCUT2D eigenvalue weighted by Gasteiger charge is 2.19. The zero-order valence-electron chi connectivity index (χ0n) is 47.5. The van der Waals surface area contributed by atoms with E-state index in [1.54, 1.807) is 0 Å². The summed E-state index contributed by atoms with van der Waals surface area (Å²) in [6, 6.07) is 0. The lowest BCUT2D eigenvalue weighted by atomic mass is 10.0. The van der Waals surface area contributed by atoms with E-state index in [-0.39, 0.29) is 31.1 Å². The molecule has 0 aromatic carbocycles. The summed E-state index contributed by atoms with van der Waals surface area (Å²) < 4.78 is 16.9. The highest BCUT2D eigenvalue weighted by atomic mass is 16.6. The van der Waals surface area contributed by atoms with Gasteiger partial charge in [-0.2, -0.15) is 0 Å². The number of hydrogen-bond acceptors (Lipinski definition) is 6. The van der Waals surface area contributed by atoms with Crippen molar-refractivity contribution in [2.24, 2.45) is 11.8 Å². The number of esters is 3. The molecule has 0 aromatic heterocycles. The third kappa shape index (κ3) is 57.2. The average molecular weight is 976 g/mol. The van der Waals surface area contributed by atoms with Crippen molar-refractivity contribution in [3.63, 3.8) is 0 Å². The zero-order chi connectivity index (χ0) is 50.4. The maximum atomic E-state index is 12.9. The van der Waals surface area contributed by atoms with Gasteiger partial charge in [0.15, 0.2) is 6.10 Å². The third-order valence-electron chi connectivity index (χ3n) is 14.5. The predicted octanol–water partition coefficient (Wildman–Crippen LogP) is 20.8. The first-order chi connectivity index (χ1) is 33.7. The van der Waals surface area contributed by atoms with Crippen LogP contribution in [0.5, 0.6) is 0 Å². The molecular weight excluding hydrogens is 853 g/mol. The SMILES string of the molecule is CCCCCCCCCCCCCCCCC(=O)O[C@@H](COC(=O)CCCCCCCCCCCCCCCCCCCCC(C)C)COC(=O)CCCCCCCCCCCCCCCC(C)C. The maximum Gasteiger partial charge on any atom is 0.306 e. The Morgan fingerprint density at radius 2 is 0.478 bits per heavy atom. The zero-order valence-corrected chi connectivity index (χ0v) is 47.5. The number of rotatable bonds is 57. The molecule has 0 heterocycles. The van der Waals surface area contributed by atoms with Gasteiger partial charge in [0, 0.05) is 19.3 Å².